The minimum Gasteiger partial charge on any atom is -0.387 e. The second-order valence-electron chi connectivity index (χ2n) is 22.5. The zero-order chi connectivity index (χ0) is 51.8. The third kappa shape index (κ3) is 7.85. The van der Waals surface area contributed by atoms with Crippen molar-refractivity contribution < 1.29 is 0 Å². The topological polar surface area (TPSA) is 48.8 Å². The Hall–Kier alpha value is -7.56. The van der Waals surface area contributed by atoms with Crippen molar-refractivity contribution in [2.45, 2.75) is 97.1 Å². The summed E-state index contributed by atoms with van der Waals surface area (Å²) in [5, 5.41) is 7.50. The van der Waals surface area contributed by atoms with Gasteiger partial charge in [0.15, 0.2) is 0 Å². The number of hydrogen-bond donors (Lipinski definition) is 2. The number of aliphatic imine (C=N–C) groups is 2. The van der Waals surface area contributed by atoms with Gasteiger partial charge in [-0.1, -0.05) is 225 Å². The standard InChI is InChI=1S/C69H64N4.C2H6/c1-8-69(6)58-39-47(42-20-16-21-44(31-28-42)63-61-65(54-25-13-15-27-57(54)68(61,4)5)73-66(72-63)46-18-10-9-11-19-46)34-36-51(58)52-37-35-48(40-59(52)69)43-29-32-45(33-30-43)62(71-41-50-23-17-22-49-38-55(49)50)60-64(70-7)53-24-12-14-26-56(53)67(60,2)3;1-2/h9-15,17-37,39-40,49,55,66,70,73H,8,16,38,41H2,1-7H3;1-2H3. The van der Waals surface area contributed by atoms with Crippen molar-refractivity contribution in [3.05, 3.63) is 254 Å². The summed E-state index contributed by atoms with van der Waals surface area (Å²) in [6, 6.07) is 52.0. The molecule has 6 aliphatic carbocycles. The second-order valence-corrected chi connectivity index (χ2v) is 22.5. The highest BCUT2D eigenvalue weighted by atomic mass is 15.1. The van der Waals surface area contributed by atoms with E-state index in [1.807, 2.05) is 13.8 Å². The van der Waals surface area contributed by atoms with Gasteiger partial charge in [-0.25, -0.2) is 0 Å². The highest BCUT2D eigenvalue weighted by molar-refractivity contribution is 6.22. The van der Waals surface area contributed by atoms with Crippen LogP contribution in [0.4, 0.5) is 0 Å². The van der Waals surface area contributed by atoms with Crippen LogP contribution in [-0.4, -0.2) is 25.0 Å². The molecule has 2 N–H and O–H groups in total. The van der Waals surface area contributed by atoms with Gasteiger partial charge >= 0.3 is 0 Å². The van der Waals surface area contributed by atoms with Gasteiger partial charge in [0.05, 0.1) is 18.0 Å². The molecule has 0 aromatic heterocycles. The van der Waals surface area contributed by atoms with E-state index in [0.29, 0.717) is 11.8 Å². The maximum Gasteiger partial charge on any atom is 0.145 e. The molecular weight excluding hydrogens is 909 g/mol. The fourth-order valence-electron chi connectivity index (χ4n) is 13.4. The quantitative estimate of drug-likeness (QED) is 0.134. The van der Waals surface area contributed by atoms with Gasteiger partial charge < -0.3 is 10.6 Å². The molecule has 374 valence electrons. The van der Waals surface area contributed by atoms with Gasteiger partial charge in [-0.15, -0.1) is 0 Å². The van der Waals surface area contributed by atoms with E-state index in [2.05, 4.69) is 241 Å². The van der Waals surface area contributed by atoms with Crippen LogP contribution in [0.2, 0.25) is 0 Å². The van der Waals surface area contributed by atoms with Gasteiger partial charge in [-0.05, 0) is 116 Å². The molecule has 75 heavy (non-hydrogen) atoms. The van der Waals surface area contributed by atoms with Gasteiger partial charge in [0.2, 0.25) is 0 Å². The van der Waals surface area contributed by atoms with E-state index in [-0.39, 0.29) is 22.4 Å². The molecule has 0 amide bonds. The number of nitrogens with one attached hydrogen (secondary N) is 2. The van der Waals surface area contributed by atoms with E-state index in [4.69, 9.17) is 9.98 Å². The molecule has 0 saturated heterocycles. The number of benzene rings is 6. The zero-order valence-electron chi connectivity index (χ0n) is 45.3. The van der Waals surface area contributed by atoms with Crippen LogP contribution >= 0.6 is 0 Å². The molecule has 6 aromatic rings. The summed E-state index contributed by atoms with van der Waals surface area (Å²) in [4.78, 5) is 11.1. The number of fused-ring (bicyclic) bond motifs is 7. The minimum atomic E-state index is -0.213. The Kier molecular flexibility index (Phi) is 12.0. The lowest BCUT2D eigenvalue weighted by Crippen LogP contribution is -2.31. The third-order valence-corrected chi connectivity index (χ3v) is 17.7. The molecule has 4 heteroatoms. The summed E-state index contributed by atoms with van der Waals surface area (Å²) in [5.74, 6) is 1.34. The fourth-order valence-corrected chi connectivity index (χ4v) is 13.4. The van der Waals surface area contributed by atoms with E-state index in [9.17, 15) is 0 Å². The first-order valence-electron chi connectivity index (χ1n) is 27.7. The molecule has 1 fully saturated rings. The molecule has 1 aliphatic heterocycles. The zero-order valence-corrected chi connectivity index (χ0v) is 45.3. The Morgan fingerprint density at radius 2 is 1.29 bits per heavy atom. The first kappa shape index (κ1) is 48.4. The average molecular weight is 979 g/mol. The molecule has 0 radical (unpaired) electrons. The number of nitrogens with zero attached hydrogens (tertiary/aromatic N) is 2. The number of hydrogen-bond acceptors (Lipinski definition) is 4. The summed E-state index contributed by atoms with van der Waals surface area (Å²) >= 11 is 0. The molecule has 4 nitrogen and oxygen atoms in total. The lowest BCUT2D eigenvalue weighted by molar-refractivity contribution is 0.564. The van der Waals surface area contributed by atoms with Crippen LogP contribution in [0.3, 0.4) is 0 Å². The Balaban J connectivity index is 0.00000281. The molecule has 0 bridgehead atoms. The van der Waals surface area contributed by atoms with E-state index in [0.717, 1.165) is 41.9 Å². The summed E-state index contributed by atoms with van der Waals surface area (Å²) in [6.07, 6.45) is 19.2. The van der Waals surface area contributed by atoms with Crippen LogP contribution in [0, 0.1) is 11.8 Å². The van der Waals surface area contributed by atoms with E-state index in [1.165, 1.54) is 107 Å². The minimum absolute atomic E-state index is 0.139. The monoisotopic (exact) mass is 979 g/mol. The SMILES string of the molecule is CC.CCC1(C)c2cc(C3=CCC=C(C4=NC(c5ccccc5)NC5=C4C(C)(C)c4ccccc45)C=C3)ccc2-c2ccc(-c3ccc(C(=NCC4=CC=CC5CC45)C4=C(NC)c5ccccc5C4(C)C)cc3)cc21. The maximum atomic E-state index is 5.56. The van der Waals surface area contributed by atoms with Gasteiger partial charge in [0.1, 0.15) is 6.17 Å². The van der Waals surface area contributed by atoms with Crippen molar-refractivity contribution in [1.82, 2.24) is 10.6 Å². The molecule has 1 heterocycles. The fraction of sp³-hybridized carbons (Fsp3) is 0.268. The molecule has 0 spiro atoms. The second kappa shape index (κ2) is 18.7. The van der Waals surface area contributed by atoms with Crippen molar-refractivity contribution in [3.8, 4) is 22.3 Å². The van der Waals surface area contributed by atoms with Crippen molar-refractivity contribution >= 4 is 28.4 Å². The van der Waals surface area contributed by atoms with Crippen molar-refractivity contribution in [1.29, 1.82) is 0 Å². The van der Waals surface area contributed by atoms with Gasteiger partial charge in [-0.2, -0.15) is 0 Å². The molecule has 13 rings (SSSR count). The number of allylic oxidation sites excluding steroid dienone is 11. The molecule has 7 aliphatic rings. The predicted molar refractivity (Wildman–Crippen MR) is 317 cm³/mol. The first-order valence-corrected chi connectivity index (χ1v) is 27.7. The molecule has 1 saturated carbocycles. The van der Waals surface area contributed by atoms with Crippen LogP contribution < -0.4 is 10.6 Å². The third-order valence-electron chi connectivity index (χ3n) is 17.7. The van der Waals surface area contributed by atoms with Gasteiger partial charge in [0, 0.05) is 62.5 Å². The lowest BCUT2D eigenvalue weighted by atomic mass is 9.76. The average Bonchev–Trinajstić information content (AvgIpc) is 4.18. The predicted octanol–water partition coefficient (Wildman–Crippen LogP) is 16.6. The Morgan fingerprint density at radius 3 is 2.01 bits per heavy atom. The molecule has 4 unspecified atom stereocenters. The first-order chi connectivity index (χ1) is 36.5. The molecule has 6 aromatic carbocycles. The van der Waals surface area contributed by atoms with E-state index in [1.54, 1.807) is 0 Å². The van der Waals surface area contributed by atoms with Crippen LogP contribution in [0.25, 0.3) is 39.2 Å². The maximum absolute atomic E-state index is 5.56. The highest BCUT2D eigenvalue weighted by Gasteiger charge is 2.45. The Bertz CT molecular complexity index is 3600. The summed E-state index contributed by atoms with van der Waals surface area (Å²) in [7, 11) is 2.06. The van der Waals surface area contributed by atoms with E-state index < -0.39 is 0 Å². The Morgan fingerprint density at radius 1 is 0.667 bits per heavy atom. The number of rotatable bonds is 10. The van der Waals surface area contributed by atoms with Crippen LogP contribution in [-0.2, 0) is 16.2 Å². The smallest absolute Gasteiger partial charge is 0.145 e. The van der Waals surface area contributed by atoms with Crippen LogP contribution in [0.15, 0.2) is 214 Å². The summed E-state index contributed by atoms with van der Waals surface area (Å²) in [6.45, 7) is 18.9. The van der Waals surface area contributed by atoms with Crippen molar-refractivity contribution in [2.24, 2.45) is 21.8 Å². The van der Waals surface area contributed by atoms with Crippen molar-refractivity contribution in [3.63, 3.8) is 0 Å². The largest absolute Gasteiger partial charge is 0.387 e. The Labute approximate surface area is 446 Å². The van der Waals surface area contributed by atoms with Gasteiger partial charge in [-0.3, -0.25) is 9.98 Å². The highest BCUT2D eigenvalue weighted by Crippen LogP contribution is 2.54. The van der Waals surface area contributed by atoms with Crippen molar-refractivity contribution in [2.75, 3.05) is 13.6 Å². The van der Waals surface area contributed by atoms with Gasteiger partial charge in [0.25, 0.3) is 0 Å². The summed E-state index contributed by atoms with van der Waals surface area (Å²) in [5.41, 5.74) is 27.2. The lowest BCUT2D eigenvalue weighted by Gasteiger charge is -2.31. The van der Waals surface area contributed by atoms with Crippen LogP contribution in [0.1, 0.15) is 131 Å². The summed E-state index contributed by atoms with van der Waals surface area (Å²) < 4.78 is 0. The normalized spacial score (nSPS) is 22.9. The molecular formula is C71H70N4. The van der Waals surface area contributed by atoms with E-state index >= 15 is 0 Å². The molecule has 4 atom stereocenters. The van der Waals surface area contributed by atoms with Crippen LogP contribution in [0.5, 0.6) is 0 Å².